The lowest BCUT2D eigenvalue weighted by Crippen LogP contribution is -2.29. The molecule has 2 unspecified atom stereocenters. The molecule has 2 atom stereocenters. The third kappa shape index (κ3) is 2.11. The number of hydrogen-bond donors (Lipinski definition) is 1. The number of ether oxygens (including phenoxy) is 1. The van der Waals surface area contributed by atoms with Gasteiger partial charge in [-0.3, -0.25) is 0 Å². The lowest BCUT2D eigenvalue weighted by molar-refractivity contribution is 0.209. The smallest absolute Gasteiger partial charge is 0.138 e. The normalized spacial score (nSPS) is 23.0. The standard InChI is InChI=1S/C13H18BrNO/c1-4-5-15-12-9(3)16-13-10(12)6-8(2)7-11(13)14/h6-7,9,12,15H,4-5H2,1-3H3. The fourth-order valence-electron chi connectivity index (χ4n) is 2.19. The number of halogens is 1. The molecule has 1 aromatic rings. The van der Waals surface area contributed by atoms with E-state index < -0.39 is 0 Å². The maximum absolute atomic E-state index is 5.89. The van der Waals surface area contributed by atoms with Crippen molar-refractivity contribution >= 4 is 15.9 Å². The van der Waals surface area contributed by atoms with Gasteiger partial charge in [0.1, 0.15) is 11.9 Å². The summed E-state index contributed by atoms with van der Waals surface area (Å²) in [5.74, 6) is 1.01. The Hall–Kier alpha value is -0.540. The van der Waals surface area contributed by atoms with E-state index in [0.717, 1.165) is 23.2 Å². The fraction of sp³-hybridized carbons (Fsp3) is 0.538. The maximum Gasteiger partial charge on any atom is 0.138 e. The summed E-state index contributed by atoms with van der Waals surface area (Å²) in [7, 11) is 0. The average molecular weight is 284 g/mol. The van der Waals surface area contributed by atoms with E-state index in [9.17, 15) is 0 Å². The number of fused-ring (bicyclic) bond motifs is 1. The summed E-state index contributed by atoms with van der Waals surface area (Å²) >= 11 is 3.57. The van der Waals surface area contributed by atoms with Crippen molar-refractivity contribution < 1.29 is 4.74 Å². The van der Waals surface area contributed by atoms with Crippen LogP contribution in [-0.4, -0.2) is 12.6 Å². The van der Waals surface area contributed by atoms with Gasteiger partial charge in [-0.05, 0) is 54.4 Å². The van der Waals surface area contributed by atoms with Gasteiger partial charge >= 0.3 is 0 Å². The molecule has 3 heteroatoms. The van der Waals surface area contributed by atoms with Crippen LogP contribution in [0.25, 0.3) is 0 Å². The van der Waals surface area contributed by atoms with Gasteiger partial charge < -0.3 is 10.1 Å². The van der Waals surface area contributed by atoms with Gasteiger partial charge in [-0.25, -0.2) is 0 Å². The lowest BCUT2D eigenvalue weighted by Gasteiger charge is -2.16. The summed E-state index contributed by atoms with van der Waals surface area (Å²) in [4.78, 5) is 0. The first-order chi connectivity index (χ1) is 7.63. The molecule has 0 amide bonds. The minimum absolute atomic E-state index is 0.208. The quantitative estimate of drug-likeness (QED) is 0.916. The summed E-state index contributed by atoms with van der Waals surface area (Å²) in [6.45, 7) is 7.45. The Morgan fingerprint density at radius 2 is 2.19 bits per heavy atom. The largest absolute Gasteiger partial charge is 0.487 e. The average Bonchev–Trinajstić information content (AvgIpc) is 2.53. The summed E-state index contributed by atoms with van der Waals surface area (Å²) in [6, 6.07) is 4.65. The van der Waals surface area contributed by atoms with Crippen molar-refractivity contribution in [3.63, 3.8) is 0 Å². The summed E-state index contributed by atoms with van der Waals surface area (Å²) in [5.41, 5.74) is 2.56. The van der Waals surface area contributed by atoms with Crippen LogP contribution in [0.4, 0.5) is 0 Å². The lowest BCUT2D eigenvalue weighted by atomic mass is 10.0. The summed E-state index contributed by atoms with van der Waals surface area (Å²) in [5, 5.41) is 3.55. The van der Waals surface area contributed by atoms with Crippen LogP contribution in [0.15, 0.2) is 16.6 Å². The fourth-order valence-corrected chi connectivity index (χ4v) is 2.88. The summed E-state index contributed by atoms with van der Waals surface area (Å²) < 4.78 is 6.96. The van der Waals surface area contributed by atoms with Crippen LogP contribution in [-0.2, 0) is 0 Å². The van der Waals surface area contributed by atoms with E-state index in [2.05, 4.69) is 54.2 Å². The van der Waals surface area contributed by atoms with Crippen LogP contribution in [0.3, 0.4) is 0 Å². The second-order valence-electron chi connectivity index (χ2n) is 4.42. The van der Waals surface area contributed by atoms with Gasteiger partial charge in [-0.1, -0.05) is 13.0 Å². The number of benzene rings is 1. The van der Waals surface area contributed by atoms with Crippen LogP contribution >= 0.6 is 15.9 Å². The molecule has 16 heavy (non-hydrogen) atoms. The third-order valence-corrected chi connectivity index (χ3v) is 3.53. The molecule has 1 N–H and O–H groups in total. The molecule has 0 radical (unpaired) electrons. The molecule has 2 nitrogen and oxygen atoms in total. The van der Waals surface area contributed by atoms with E-state index in [1.54, 1.807) is 0 Å². The van der Waals surface area contributed by atoms with E-state index >= 15 is 0 Å². The molecule has 2 rings (SSSR count). The Kier molecular flexibility index (Phi) is 3.55. The predicted molar refractivity (Wildman–Crippen MR) is 70.0 cm³/mol. The first-order valence-corrected chi connectivity index (χ1v) is 6.63. The highest BCUT2D eigenvalue weighted by Gasteiger charge is 2.32. The monoisotopic (exact) mass is 283 g/mol. The van der Waals surface area contributed by atoms with Gasteiger partial charge in [0.15, 0.2) is 0 Å². The highest BCUT2D eigenvalue weighted by atomic mass is 79.9. The van der Waals surface area contributed by atoms with Crippen molar-refractivity contribution in [2.24, 2.45) is 0 Å². The van der Waals surface area contributed by atoms with Crippen LogP contribution in [0.1, 0.15) is 37.4 Å². The number of hydrogen-bond acceptors (Lipinski definition) is 2. The van der Waals surface area contributed by atoms with Crippen LogP contribution in [0.5, 0.6) is 5.75 Å². The van der Waals surface area contributed by atoms with Crippen molar-refractivity contribution in [1.29, 1.82) is 0 Å². The van der Waals surface area contributed by atoms with Crippen LogP contribution < -0.4 is 10.1 Å². The van der Waals surface area contributed by atoms with Gasteiger partial charge in [0.05, 0.1) is 10.5 Å². The number of rotatable bonds is 3. The van der Waals surface area contributed by atoms with Crippen LogP contribution in [0, 0.1) is 6.92 Å². The molecule has 0 aliphatic carbocycles. The Labute approximate surface area is 106 Å². The van der Waals surface area contributed by atoms with Gasteiger partial charge in [0.2, 0.25) is 0 Å². The Balaban J connectivity index is 2.32. The third-order valence-electron chi connectivity index (χ3n) is 2.94. The molecule has 1 aliphatic heterocycles. The molecule has 88 valence electrons. The molecule has 1 aliphatic rings. The zero-order valence-corrected chi connectivity index (χ0v) is 11.6. The highest BCUT2D eigenvalue weighted by Crippen LogP contribution is 2.42. The van der Waals surface area contributed by atoms with Crippen molar-refractivity contribution in [3.8, 4) is 5.75 Å². The van der Waals surface area contributed by atoms with E-state index in [0.29, 0.717) is 6.04 Å². The zero-order valence-electron chi connectivity index (χ0n) is 10.0. The van der Waals surface area contributed by atoms with Gasteiger partial charge in [0, 0.05) is 5.56 Å². The highest BCUT2D eigenvalue weighted by molar-refractivity contribution is 9.10. The van der Waals surface area contributed by atoms with E-state index in [-0.39, 0.29) is 6.10 Å². The minimum Gasteiger partial charge on any atom is -0.487 e. The van der Waals surface area contributed by atoms with E-state index in [4.69, 9.17) is 4.74 Å². The molecule has 1 aromatic carbocycles. The van der Waals surface area contributed by atoms with Crippen LogP contribution in [0.2, 0.25) is 0 Å². The zero-order chi connectivity index (χ0) is 11.7. The molecular formula is C13H18BrNO. The molecular weight excluding hydrogens is 266 g/mol. The van der Waals surface area contributed by atoms with Crippen molar-refractivity contribution in [3.05, 3.63) is 27.7 Å². The summed E-state index contributed by atoms with van der Waals surface area (Å²) in [6.07, 6.45) is 1.35. The minimum atomic E-state index is 0.208. The second kappa shape index (κ2) is 4.76. The molecule has 0 spiro atoms. The topological polar surface area (TPSA) is 21.3 Å². The second-order valence-corrected chi connectivity index (χ2v) is 5.27. The molecule has 0 fully saturated rings. The van der Waals surface area contributed by atoms with Gasteiger partial charge in [-0.2, -0.15) is 0 Å². The molecule has 0 bridgehead atoms. The Morgan fingerprint density at radius 1 is 1.44 bits per heavy atom. The van der Waals surface area contributed by atoms with Crippen molar-refractivity contribution in [2.45, 2.75) is 39.3 Å². The van der Waals surface area contributed by atoms with Crippen molar-refractivity contribution in [1.82, 2.24) is 5.32 Å². The van der Waals surface area contributed by atoms with Gasteiger partial charge in [-0.15, -0.1) is 0 Å². The van der Waals surface area contributed by atoms with Crippen molar-refractivity contribution in [2.75, 3.05) is 6.54 Å². The van der Waals surface area contributed by atoms with E-state index in [1.165, 1.54) is 11.1 Å². The van der Waals surface area contributed by atoms with E-state index in [1.807, 2.05) is 0 Å². The Bertz CT molecular complexity index is 392. The molecule has 0 aromatic heterocycles. The number of aryl methyl sites for hydroxylation is 1. The first kappa shape index (κ1) is 11.9. The van der Waals surface area contributed by atoms with Gasteiger partial charge in [0.25, 0.3) is 0 Å². The predicted octanol–water partition coefficient (Wildman–Crippen LogP) is 3.58. The molecule has 1 heterocycles. The first-order valence-electron chi connectivity index (χ1n) is 5.83. The SMILES string of the molecule is CCCNC1c2cc(C)cc(Br)c2OC1C. The maximum atomic E-state index is 5.89. The molecule has 0 saturated heterocycles. The molecule has 0 saturated carbocycles. The number of nitrogens with one attached hydrogen (secondary N) is 1. The Morgan fingerprint density at radius 3 is 2.88 bits per heavy atom.